The highest BCUT2D eigenvalue weighted by Crippen LogP contribution is 2.62. The van der Waals surface area contributed by atoms with Crippen LogP contribution in [-0.2, 0) is 5.41 Å². The Hall–Kier alpha value is -2.43. The van der Waals surface area contributed by atoms with Crippen molar-refractivity contribution in [1.29, 1.82) is 0 Å². The average Bonchev–Trinajstić information content (AvgIpc) is 3.08. The molecule has 1 fully saturated rings. The molecule has 0 radical (unpaired) electrons. The zero-order chi connectivity index (χ0) is 18.0. The molecule has 2 atom stereocenters. The first-order chi connectivity index (χ1) is 11.7. The largest absolute Gasteiger partial charge is 0.573 e. The number of halogens is 3. The molecule has 0 N–H and O–H groups in total. The van der Waals surface area contributed by atoms with E-state index in [9.17, 15) is 13.2 Å². The molecule has 1 saturated carbocycles. The molecule has 25 heavy (non-hydrogen) atoms. The van der Waals surface area contributed by atoms with Crippen LogP contribution in [0.2, 0.25) is 0 Å². The number of hydrogen-bond acceptors (Lipinski definition) is 2. The summed E-state index contributed by atoms with van der Waals surface area (Å²) in [6.45, 7) is 8.02. The number of alkyl halides is 3. The molecular formula is C20H17F3O2. The minimum Gasteiger partial charge on any atom is -0.488 e. The molecule has 2 aromatic carbocycles. The predicted octanol–water partition coefficient (Wildman–Crippen LogP) is 5.63. The zero-order valence-corrected chi connectivity index (χ0v) is 13.9. The molecule has 0 aromatic heterocycles. The Kier molecular flexibility index (Phi) is 3.24. The fourth-order valence-corrected chi connectivity index (χ4v) is 3.71. The van der Waals surface area contributed by atoms with Crippen LogP contribution in [0.3, 0.4) is 0 Å². The predicted molar refractivity (Wildman–Crippen MR) is 89.8 cm³/mol. The molecule has 2 aliphatic rings. The Labute approximate surface area is 143 Å². The Balaban J connectivity index is 1.80. The van der Waals surface area contributed by atoms with Gasteiger partial charge in [0.15, 0.2) is 0 Å². The Morgan fingerprint density at radius 3 is 2.56 bits per heavy atom. The van der Waals surface area contributed by atoms with E-state index in [0.717, 1.165) is 40.0 Å². The van der Waals surface area contributed by atoms with E-state index < -0.39 is 6.36 Å². The summed E-state index contributed by atoms with van der Waals surface area (Å²) < 4.78 is 47.1. The summed E-state index contributed by atoms with van der Waals surface area (Å²) in [5.41, 5.74) is 4.97. The van der Waals surface area contributed by atoms with Crippen LogP contribution in [0, 0.1) is 6.92 Å². The molecule has 2 unspecified atom stereocenters. The first kappa shape index (κ1) is 16.1. The lowest BCUT2D eigenvalue weighted by atomic mass is 9.86. The lowest BCUT2D eigenvalue weighted by molar-refractivity contribution is -0.274. The SMILES string of the molecule is C=Cc1c(C)cc(-c2ccc(OC(F)(F)F)cc2)c2c1OC1CC21C. The van der Waals surface area contributed by atoms with Gasteiger partial charge in [-0.1, -0.05) is 37.8 Å². The van der Waals surface area contributed by atoms with Crippen molar-refractivity contribution in [2.24, 2.45) is 0 Å². The van der Waals surface area contributed by atoms with Crippen LogP contribution in [0.4, 0.5) is 13.2 Å². The summed E-state index contributed by atoms with van der Waals surface area (Å²) in [5.74, 6) is 0.637. The van der Waals surface area contributed by atoms with Gasteiger partial charge < -0.3 is 9.47 Å². The van der Waals surface area contributed by atoms with E-state index in [4.69, 9.17) is 4.74 Å². The fraction of sp³-hybridized carbons (Fsp3) is 0.300. The van der Waals surface area contributed by atoms with Crippen LogP contribution in [0.25, 0.3) is 17.2 Å². The first-order valence-corrected chi connectivity index (χ1v) is 8.06. The molecular weight excluding hydrogens is 329 g/mol. The summed E-state index contributed by atoms with van der Waals surface area (Å²) in [6, 6.07) is 8.05. The highest BCUT2D eigenvalue weighted by molar-refractivity contribution is 5.81. The van der Waals surface area contributed by atoms with Gasteiger partial charge in [-0.05, 0) is 42.2 Å². The minimum absolute atomic E-state index is 0.0305. The van der Waals surface area contributed by atoms with E-state index in [-0.39, 0.29) is 17.3 Å². The summed E-state index contributed by atoms with van der Waals surface area (Å²) >= 11 is 0. The smallest absolute Gasteiger partial charge is 0.488 e. The van der Waals surface area contributed by atoms with Crippen molar-refractivity contribution in [2.45, 2.75) is 38.1 Å². The third-order valence-corrected chi connectivity index (χ3v) is 5.12. The van der Waals surface area contributed by atoms with Gasteiger partial charge in [0, 0.05) is 16.5 Å². The van der Waals surface area contributed by atoms with Crippen molar-refractivity contribution >= 4 is 6.08 Å². The molecule has 5 heteroatoms. The molecule has 0 amide bonds. The number of hydrogen-bond donors (Lipinski definition) is 0. The molecule has 4 rings (SSSR count). The Morgan fingerprint density at radius 1 is 1.28 bits per heavy atom. The molecule has 1 aliphatic carbocycles. The van der Waals surface area contributed by atoms with Crippen molar-refractivity contribution in [3.05, 3.63) is 53.6 Å². The monoisotopic (exact) mass is 346 g/mol. The normalized spacial score (nSPS) is 23.5. The Bertz CT molecular complexity index is 868. The van der Waals surface area contributed by atoms with Gasteiger partial charge in [-0.25, -0.2) is 0 Å². The molecule has 1 aliphatic heterocycles. The van der Waals surface area contributed by atoms with Gasteiger partial charge in [0.1, 0.15) is 17.6 Å². The van der Waals surface area contributed by atoms with Crippen molar-refractivity contribution in [3.8, 4) is 22.6 Å². The summed E-state index contributed by atoms with van der Waals surface area (Å²) in [5, 5.41) is 0. The molecule has 0 spiro atoms. The van der Waals surface area contributed by atoms with E-state index in [1.165, 1.54) is 12.1 Å². The lowest BCUT2D eigenvalue weighted by Gasteiger charge is -2.18. The van der Waals surface area contributed by atoms with E-state index in [2.05, 4.69) is 24.3 Å². The third kappa shape index (κ3) is 2.49. The highest BCUT2D eigenvalue weighted by Gasteiger charge is 2.61. The standard InChI is InChI=1S/C20H17F3O2/c1-4-14-11(2)9-15(17-18(14)24-16-10-19(16,17)3)12-5-7-13(8-6-12)25-20(21,22)23/h4-9,16H,1,10H2,2-3H3. The van der Waals surface area contributed by atoms with Gasteiger partial charge in [0.2, 0.25) is 0 Å². The summed E-state index contributed by atoms with van der Waals surface area (Å²) in [7, 11) is 0. The van der Waals surface area contributed by atoms with Crippen LogP contribution >= 0.6 is 0 Å². The van der Waals surface area contributed by atoms with E-state index in [0.29, 0.717) is 0 Å². The van der Waals surface area contributed by atoms with E-state index >= 15 is 0 Å². The van der Waals surface area contributed by atoms with Crippen molar-refractivity contribution in [3.63, 3.8) is 0 Å². The fourth-order valence-electron chi connectivity index (χ4n) is 3.71. The number of benzene rings is 2. The third-order valence-electron chi connectivity index (χ3n) is 5.12. The van der Waals surface area contributed by atoms with Crippen molar-refractivity contribution < 1.29 is 22.6 Å². The van der Waals surface area contributed by atoms with Crippen LogP contribution in [-0.4, -0.2) is 12.5 Å². The molecule has 2 aromatic rings. The first-order valence-electron chi connectivity index (χ1n) is 8.06. The lowest BCUT2D eigenvalue weighted by Crippen LogP contribution is -2.16. The van der Waals surface area contributed by atoms with Gasteiger partial charge in [0.25, 0.3) is 0 Å². The van der Waals surface area contributed by atoms with E-state index in [1.54, 1.807) is 18.2 Å². The molecule has 0 saturated heterocycles. The topological polar surface area (TPSA) is 18.5 Å². The molecule has 130 valence electrons. The maximum atomic E-state index is 12.3. The van der Waals surface area contributed by atoms with Gasteiger partial charge in [-0.3, -0.25) is 0 Å². The van der Waals surface area contributed by atoms with Crippen molar-refractivity contribution in [1.82, 2.24) is 0 Å². The molecule has 2 nitrogen and oxygen atoms in total. The number of rotatable bonds is 3. The summed E-state index contributed by atoms with van der Waals surface area (Å²) in [4.78, 5) is 0. The van der Waals surface area contributed by atoms with Crippen LogP contribution in [0.1, 0.15) is 30.0 Å². The summed E-state index contributed by atoms with van der Waals surface area (Å²) in [6.07, 6.45) is -1.75. The molecule has 0 bridgehead atoms. The second-order valence-electron chi connectivity index (χ2n) is 6.86. The second-order valence-corrected chi connectivity index (χ2v) is 6.86. The molecule has 1 heterocycles. The number of fused-ring (bicyclic) bond motifs is 3. The van der Waals surface area contributed by atoms with Crippen molar-refractivity contribution in [2.75, 3.05) is 0 Å². The Morgan fingerprint density at radius 2 is 1.96 bits per heavy atom. The number of aryl methyl sites for hydroxylation is 1. The maximum Gasteiger partial charge on any atom is 0.573 e. The van der Waals surface area contributed by atoms with E-state index in [1.807, 2.05) is 6.92 Å². The van der Waals surface area contributed by atoms with Crippen LogP contribution < -0.4 is 9.47 Å². The van der Waals surface area contributed by atoms with Crippen LogP contribution in [0.15, 0.2) is 36.9 Å². The van der Waals surface area contributed by atoms with Crippen LogP contribution in [0.5, 0.6) is 11.5 Å². The second kappa shape index (κ2) is 5.04. The van der Waals surface area contributed by atoms with Gasteiger partial charge in [-0.15, -0.1) is 13.2 Å². The zero-order valence-electron chi connectivity index (χ0n) is 13.9. The van der Waals surface area contributed by atoms with Gasteiger partial charge in [0.05, 0.1) is 0 Å². The maximum absolute atomic E-state index is 12.3. The quantitative estimate of drug-likeness (QED) is 0.717. The average molecular weight is 346 g/mol. The van der Waals surface area contributed by atoms with Gasteiger partial charge >= 0.3 is 6.36 Å². The highest BCUT2D eigenvalue weighted by atomic mass is 19.4. The minimum atomic E-state index is -4.69. The number of ether oxygens (including phenoxy) is 2. The van der Waals surface area contributed by atoms with Gasteiger partial charge in [-0.2, -0.15) is 0 Å².